The standard InChI is InChI=1S/C13H15BN8/c1-18-8-9-22(13-18)14(19-5-2-15-10-19,20-6-3-16-11-20)21-7-4-17-12-21/h2-13H,1H3. The Labute approximate surface area is 126 Å². The van der Waals surface area contributed by atoms with E-state index < -0.39 is 6.69 Å². The molecule has 0 saturated heterocycles. The molecule has 4 aromatic heterocycles. The summed E-state index contributed by atoms with van der Waals surface area (Å²) >= 11 is 0. The first kappa shape index (κ1) is 12.6. The van der Waals surface area contributed by atoms with Gasteiger partial charge in [0.15, 0.2) is 0 Å². The Morgan fingerprint density at radius 2 is 1.27 bits per heavy atom. The summed E-state index contributed by atoms with van der Waals surface area (Å²) in [5.41, 5.74) is 0. The van der Waals surface area contributed by atoms with Gasteiger partial charge in [0.05, 0.1) is 32.2 Å². The third kappa shape index (κ3) is 1.65. The summed E-state index contributed by atoms with van der Waals surface area (Å²) in [4.78, 5) is 12.7. The first-order chi connectivity index (χ1) is 10.8. The molecule has 22 heavy (non-hydrogen) atoms. The minimum absolute atomic E-state index is 1.62. The maximum Gasteiger partial charge on any atom is 0.505 e. The molecule has 0 bridgehead atoms. The van der Waals surface area contributed by atoms with E-state index in [0.29, 0.717) is 0 Å². The number of aromatic nitrogens is 8. The van der Waals surface area contributed by atoms with E-state index in [-0.39, 0.29) is 0 Å². The Kier molecular flexibility index (Phi) is 2.71. The Bertz CT molecular complexity index is 760. The summed E-state index contributed by atoms with van der Waals surface area (Å²) in [7, 11) is 1.99. The van der Waals surface area contributed by atoms with Gasteiger partial charge in [-0.3, -0.25) is 0 Å². The summed E-state index contributed by atoms with van der Waals surface area (Å²) in [6, 6.07) is 0. The fraction of sp³-hybridized carbons (Fsp3) is 0.0769. The molecule has 0 atom stereocenters. The second-order valence-electron chi connectivity index (χ2n) is 5.25. The van der Waals surface area contributed by atoms with Crippen LogP contribution in [-0.2, 0) is 7.05 Å². The molecule has 0 amide bonds. The van der Waals surface area contributed by atoms with Gasteiger partial charge in [-0.25, -0.2) is 19.5 Å². The molecule has 0 fully saturated rings. The Morgan fingerprint density at radius 1 is 0.773 bits per heavy atom. The molecule has 0 unspecified atom stereocenters. The highest BCUT2D eigenvalue weighted by Gasteiger charge is 2.40. The van der Waals surface area contributed by atoms with Crippen molar-refractivity contribution in [2.45, 2.75) is 0 Å². The minimum Gasteiger partial charge on any atom is -0.433 e. The zero-order chi connectivity index (χ0) is 15.0. The van der Waals surface area contributed by atoms with Crippen molar-refractivity contribution in [1.29, 1.82) is 0 Å². The van der Waals surface area contributed by atoms with Crippen LogP contribution in [0.25, 0.3) is 0 Å². The van der Waals surface area contributed by atoms with Gasteiger partial charge >= 0.3 is 6.69 Å². The molecule has 4 heterocycles. The van der Waals surface area contributed by atoms with Crippen molar-refractivity contribution in [3.05, 3.63) is 74.9 Å². The molecule has 0 N–H and O–H groups in total. The molecule has 0 aliphatic heterocycles. The molecule has 9 heteroatoms. The molecule has 0 aromatic carbocycles. The second kappa shape index (κ2) is 4.73. The van der Waals surface area contributed by atoms with E-state index in [1.165, 1.54) is 0 Å². The van der Waals surface area contributed by atoms with Crippen LogP contribution in [0.15, 0.2) is 74.9 Å². The van der Waals surface area contributed by atoms with E-state index in [9.17, 15) is 0 Å². The largest absolute Gasteiger partial charge is 0.505 e. The molecule has 0 aliphatic rings. The van der Waals surface area contributed by atoms with Crippen LogP contribution in [0.5, 0.6) is 0 Å². The second-order valence-corrected chi connectivity index (χ2v) is 5.25. The van der Waals surface area contributed by atoms with Crippen LogP contribution in [0, 0.1) is 0 Å². The number of nitrogens with zero attached hydrogens (tertiary/aromatic N) is 8. The van der Waals surface area contributed by atoms with Gasteiger partial charge in [-0.2, -0.15) is 0 Å². The lowest BCUT2D eigenvalue weighted by Crippen LogP contribution is -2.77. The molecule has 4 aromatic rings. The SMILES string of the molecule is Cn1cc[n+]([B-](n2ccnc2)(n2ccnc2)n2ccnc2)c1. The smallest absolute Gasteiger partial charge is 0.433 e. The first-order valence-electron chi connectivity index (χ1n) is 6.94. The predicted octanol–water partition coefficient (Wildman–Crippen LogP) is -0.169. The highest BCUT2D eigenvalue weighted by Crippen LogP contribution is 2.10. The van der Waals surface area contributed by atoms with Gasteiger partial charge in [0.25, 0.3) is 0 Å². The summed E-state index contributed by atoms with van der Waals surface area (Å²) in [5.74, 6) is 0. The van der Waals surface area contributed by atoms with Gasteiger partial charge < -0.3 is 17.9 Å². The van der Waals surface area contributed by atoms with Crippen molar-refractivity contribution < 1.29 is 4.48 Å². The van der Waals surface area contributed by atoms with E-state index in [1.54, 1.807) is 37.6 Å². The Morgan fingerprint density at radius 3 is 1.59 bits per heavy atom. The molecule has 0 aliphatic carbocycles. The van der Waals surface area contributed by atoms with Gasteiger partial charge in [-0.05, 0) is 18.6 Å². The van der Waals surface area contributed by atoms with Crippen molar-refractivity contribution in [3.63, 3.8) is 0 Å². The van der Waals surface area contributed by atoms with Crippen LogP contribution >= 0.6 is 0 Å². The van der Waals surface area contributed by atoms with Crippen molar-refractivity contribution in [1.82, 2.24) is 33.0 Å². The molecule has 0 saturated carbocycles. The highest BCUT2D eigenvalue weighted by atomic mass is 15.4. The monoisotopic (exact) mass is 294 g/mol. The maximum atomic E-state index is 4.23. The third-order valence-electron chi connectivity index (χ3n) is 3.96. The third-order valence-corrected chi connectivity index (χ3v) is 3.96. The van der Waals surface area contributed by atoms with E-state index >= 15 is 0 Å². The quantitative estimate of drug-likeness (QED) is 0.491. The first-order valence-corrected chi connectivity index (χ1v) is 6.94. The summed E-state index contributed by atoms with van der Waals surface area (Å²) < 4.78 is 10.3. The molecule has 0 radical (unpaired) electrons. The normalized spacial score (nSPS) is 11.9. The van der Waals surface area contributed by atoms with Crippen LogP contribution in [0.3, 0.4) is 0 Å². The summed E-state index contributed by atoms with van der Waals surface area (Å²) in [5, 5.41) is 0. The number of rotatable bonds is 4. The van der Waals surface area contributed by atoms with Crippen molar-refractivity contribution in [2.75, 3.05) is 0 Å². The van der Waals surface area contributed by atoms with Crippen molar-refractivity contribution in [3.8, 4) is 0 Å². The number of hydrogen-bond donors (Lipinski definition) is 0. The molecule has 110 valence electrons. The highest BCUT2D eigenvalue weighted by molar-refractivity contribution is 6.66. The zero-order valence-electron chi connectivity index (χ0n) is 12.1. The fourth-order valence-corrected chi connectivity index (χ4v) is 3.02. The van der Waals surface area contributed by atoms with Crippen LogP contribution < -0.4 is 4.48 Å². The Hall–Kier alpha value is -3.10. The van der Waals surface area contributed by atoms with Gasteiger partial charge in [0.1, 0.15) is 6.20 Å². The zero-order valence-corrected chi connectivity index (χ0v) is 12.1. The van der Waals surface area contributed by atoms with E-state index in [4.69, 9.17) is 0 Å². The Balaban J connectivity index is 2.09. The van der Waals surface area contributed by atoms with E-state index in [1.807, 2.05) is 48.9 Å². The van der Waals surface area contributed by atoms with Crippen molar-refractivity contribution >= 4 is 6.69 Å². The lowest BCUT2D eigenvalue weighted by atomic mass is 9.72. The van der Waals surface area contributed by atoms with Gasteiger partial charge in [-0.1, -0.05) is 0 Å². The molecular weight excluding hydrogens is 279 g/mol. The summed E-state index contributed by atoms with van der Waals surface area (Å²) in [6.07, 6.45) is 22.6. The summed E-state index contributed by atoms with van der Waals surface area (Å²) in [6.45, 7) is -1.62. The molecule has 0 spiro atoms. The maximum absolute atomic E-state index is 4.23. The predicted molar refractivity (Wildman–Crippen MR) is 79.6 cm³/mol. The van der Waals surface area contributed by atoms with Crippen LogP contribution in [0.2, 0.25) is 0 Å². The van der Waals surface area contributed by atoms with Crippen molar-refractivity contribution in [2.24, 2.45) is 7.05 Å². The van der Waals surface area contributed by atoms with Gasteiger partial charge in [0, 0.05) is 18.6 Å². The van der Waals surface area contributed by atoms with Gasteiger partial charge in [-0.15, -0.1) is 0 Å². The number of aryl methyl sites for hydroxylation is 1. The fourth-order valence-electron chi connectivity index (χ4n) is 3.02. The topological polar surface area (TPSA) is 62.3 Å². The van der Waals surface area contributed by atoms with Gasteiger partial charge in [0.2, 0.25) is 6.33 Å². The minimum atomic E-state index is -1.62. The van der Waals surface area contributed by atoms with Crippen LogP contribution in [0.4, 0.5) is 0 Å². The van der Waals surface area contributed by atoms with E-state index in [0.717, 1.165) is 0 Å². The van der Waals surface area contributed by atoms with E-state index in [2.05, 4.69) is 32.9 Å². The number of hydrogen-bond acceptors (Lipinski definition) is 3. The molecule has 4 rings (SSSR count). The average molecular weight is 294 g/mol. The molecule has 8 nitrogen and oxygen atoms in total. The molecular formula is C13H15BN8. The van der Waals surface area contributed by atoms with Crippen LogP contribution in [0.1, 0.15) is 0 Å². The lowest BCUT2D eigenvalue weighted by Gasteiger charge is -2.39. The lowest BCUT2D eigenvalue weighted by molar-refractivity contribution is -0.555. The number of imidazole rings is 4. The average Bonchev–Trinajstić information content (AvgIpc) is 3.31. The van der Waals surface area contributed by atoms with Crippen LogP contribution in [-0.4, -0.2) is 39.6 Å².